The molecule has 0 bridgehead atoms. The molecule has 0 saturated heterocycles. The lowest BCUT2D eigenvalue weighted by Crippen LogP contribution is -2.19. The van der Waals surface area contributed by atoms with Gasteiger partial charge in [-0.25, -0.2) is 0 Å². The van der Waals surface area contributed by atoms with Gasteiger partial charge in [0.25, 0.3) is 0 Å². The number of methoxy groups -OCH3 is 4. The molecule has 0 heterocycles. The molecular weight excluding hydrogens is 436 g/mol. The lowest BCUT2D eigenvalue weighted by atomic mass is 10.1. The number of rotatable bonds is 8. The molecule has 6 nitrogen and oxygen atoms in total. The van der Waals surface area contributed by atoms with Crippen LogP contribution in [-0.4, -0.2) is 33.6 Å². The Hall–Kier alpha value is -3.71. The van der Waals surface area contributed by atoms with Crippen molar-refractivity contribution in [3.8, 4) is 23.0 Å². The summed E-state index contributed by atoms with van der Waals surface area (Å²) in [7, 11) is 6.40. The van der Waals surface area contributed by atoms with Crippen molar-refractivity contribution >= 4 is 40.9 Å². The molecule has 0 aromatic heterocycles. The fraction of sp³-hybridized carbons (Fsp3) is 0.192. The Kier molecular flexibility index (Phi) is 8.16. The van der Waals surface area contributed by atoms with Crippen molar-refractivity contribution in [3.63, 3.8) is 0 Å². The molecule has 0 aliphatic rings. The minimum absolute atomic E-state index is 0.475. The van der Waals surface area contributed by atoms with Crippen molar-refractivity contribution in [3.05, 3.63) is 71.3 Å². The quantitative estimate of drug-likeness (QED) is 0.313. The Bertz CT molecular complexity index is 1120. The molecule has 3 aromatic carbocycles. The second-order valence-corrected chi connectivity index (χ2v) is 7.61. The lowest BCUT2D eigenvalue weighted by molar-refractivity contribution is 0.324. The third-order valence-corrected chi connectivity index (χ3v) is 5.14. The van der Waals surface area contributed by atoms with Gasteiger partial charge in [0.15, 0.2) is 16.6 Å². The van der Waals surface area contributed by atoms with Gasteiger partial charge in [-0.05, 0) is 66.7 Å². The highest BCUT2D eigenvalue weighted by atomic mass is 32.1. The molecule has 7 heteroatoms. The highest BCUT2D eigenvalue weighted by Crippen LogP contribution is 2.38. The summed E-state index contributed by atoms with van der Waals surface area (Å²) < 4.78 is 21.7. The van der Waals surface area contributed by atoms with Crippen LogP contribution in [0.2, 0.25) is 0 Å². The van der Waals surface area contributed by atoms with Crippen LogP contribution in [0.3, 0.4) is 0 Å². The van der Waals surface area contributed by atoms with Crippen LogP contribution in [0.4, 0.5) is 11.4 Å². The third-order valence-electron chi connectivity index (χ3n) is 4.94. The van der Waals surface area contributed by atoms with Crippen LogP contribution < -0.4 is 29.6 Å². The Morgan fingerprint density at radius 2 is 1.30 bits per heavy atom. The van der Waals surface area contributed by atoms with Gasteiger partial charge in [0, 0.05) is 5.69 Å². The molecule has 0 fully saturated rings. The standard InChI is InChI=1S/C26H28N2O4S/c1-17-6-11-20(12-7-17)27-26(33)28-21-14-18(10-13-22(21)29-2)8-9-19-15-23(30-3)25(32-5)24(16-19)31-4/h6-16H,1-5H3,(H2,27,28,33)/b9-8-. The van der Waals surface area contributed by atoms with Crippen LogP contribution in [0.1, 0.15) is 16.7 Å². The summed E-state index contributed by atoms with van der Waals surface area (Å²) in [6, 6.07) is 17.6. The second kappa shape index (κ2) is 11.2. The van der Waals surface area contributed by atoms with Crippen molar-refractivity contribution in [1.82, 2.24) is 0 Å². The molecule has 0 aliphatic heterocycles. The first-order valence-corrected chi connectivity index (χ1v) is 10.7. The average molecular weight is 465 g/mol. The Labute approximate surface area is 200 Å². The molecule has 0 saturated carbocycles. The summed E-state index contributed by atoms with van der Waals surface area (Å²) in [6.45, 7) is 2.04. The maximum absolute atomic E-state index is 5.50. The van der Waals surface area contributed by atoms with Crippen molar-refractivity contribution < 1.29 is 18.9 Å². The predicted octanol–water partition coefficient (Wildman–Crippen LogP) is 6.01. The Balaban J connectivity index is 1.81. The highest BCUT2D eigenvalue weighted by molar-refractivity contribution is 7.80. The van der Waals surface area contributed by atoms with Crippen LogP contribution >= 0.6 is 12.2 Å². The van der Waals surface area contributed by atoms with Crippen LogP contribution in [0.15, 0.2) is 54.6 Å². The fourth-order valence-electron chi connectivity index (χ4n) is 3.24. The zero-order valence-corrected chi connectivity index (χ0v) is 20.2. The van der Waals surface area contributed by atoms with Crippen molar-refractivity contribution in [2.45, 2.75) is 6.92 Å². The molecule has 0 amide bonds. The highest BCUT2D eigenvalue weighted by Gasteiger charge is 2.12. The number of anilines is 2. The topological polar surface area (TPSA) is 61.0 Å². The molecule has 0 aliphatic carbocycles. The van der Waals surface area contributed by atoms with Crippen LogP contribution in [0.25, 0.3) is 12.2 Å². The van der Waals surface area contributed by atoms with Crippen molar-refractivity contribution in [2.75, 3.05) is 39.1 Å². The first-order valence-electron chi connectivity index (χ1n) is 10.3. The molecule has 172 valence electrons. The Morgan fingerprint density at radius 1 is 0.697 bits per heavy atom. The number of nitrogens with one attached hydrogen (secondary N) is 2. The van der Waals surface area contributed by atoms with Gasteiger partial charge in [0.05, 0.1) is 34.1 Å². The van der Waals surface area contributed by atoms with Crippen molar-refractivity contribution in [2.24, 2.45) is 0 Å². The monoisotopic (exact) mass is 464 g/mol. The SMILES string of the molecule is COc1ccc(/C=C\c2cc(OC)c(OC)c(OC)c2)cc1NC(=S)Nc1ccc(C)cc1. The molecule has 3 rings (SSSR count). The van der Waals surface area contributed by atoms with Crippen LogP contribution in [0.5, 0.6) is 23.0 Å². The summed E-state index contributed by atoms with van der Waals surface area (Å²) >= 11 is 5.49. The molecular formula is C26H28N2O4S. The predicted molar refractivity (Wildman–Crippen MR) is 139 cm³/mol. The number of hydrogen-bond donors (Lipinski definition) is 2. The third kappa shape index (κ3) is 6.17. The van der Waals surface area contributed by atoms with Gasteiger partial charge in [-0.2, -0.15) is 0 Å². The average Bonchev–Trinajstić information content (AvgIpc) is 2.83. The number of aryl methyl sites for hydroxylation is 1. The normalized spacial score (nSPS) is 10.6. The number of ether oxygens (including phenoxy) is 4. The van der Waals surface area contributed by atoms with Gasteiger partial charge in [-0.15, -0.1) is 0 Å². The molecule has 3 aromatic rings. The van der Waals surface area contributed by atoms with Gasteiger partial charge >= 0.3 is 0 Å². The minimum atomic E-state index is 0.475. The van der Waals surface area contributed by atoms with E-state index in [0.717, 1.165) is 22.5 Å². The summed E-state index contributed by atoms with van der Waals surface area (Å²) in [6.07, 6.45) is 3.96. The smallest absolute Gasteiger partial charge is 0.203 e. The summed E-state index contributed by atoms with van der Waals surface area (Å²) in [5.41, 5.74) is 4.73. The molecule has 0 unspecified atom stereocenters. The summed E-state index contributed by atoms with van der Waals surface area (Å²) in [5.74, 6) is 2.44. The van der Waals surface area contributed by atoms with E-state index in [1.165, 1.54) is 5.56 Å². The van der Waals surface area contributed by atoms with E-state index in [1.807, 2.05) is 73.7 Å². The Morgan fingerprint density at radius 3 is 1.88 bits per heavy atom. The maximum Gasteiger partial charge on any atom is 0.203 e. The van der Waals surface area contributed by atoms with E-state index in [9.17, 15) is 0 Å². The van der Waals surface area contributed by atoms with Gasteiger partial charge in [0.2, 0.25) is 5.75 Å². The van der Waals surface area contributed by atoms with E-state index >= 15 is 0 Å². The van der Waals surface area contributed by atoms with E-state index in [4.69, 9.17) is 31.2 Å². The van der Waals surface area contributed by atoms with Crippen molar-refractivity contribution in [1.29, 1.82) is 0 Å². The fourth-order valence-corrected chi connectivity index (χ4v) is 3.47. The van der Waals surface area contributed by atoms with E-state index in [0.29, 0.717) is 28.1 Å². The molecule has 33 heavy (non-hydrogen) atoms. The van der Waals surface area contributed by atoms with E-state index in [1.54, 1.807) is 28.4 Å². The first-order chi connectivity index (χ1) is 16.0. The number of hydrogen-bond acceptors (Lipinski definition) is 5. The molecule has 2 N–H and O–H groups in total. The molecule has 0 spiro atoms. The summed E-state index contributed by atoms with van der Waals surface area (Å²) in [5, 5.41) is 6.88. The minimum Gasteiger partial charge on any atom is -0.495 e. The zero-order chi connectivity index (χ0) is 23.8. The van der Waals surface area contributed by atoms with Gasteiger partial charge < -0.3 is 29.6 Å². The summed E-state index contributed by atoms with van der Waals surface area (Å²) in [4.78, 5) is 0. The van der Waals surface area contributed by atoms with E-state index in [2.05, 4.69) is 10.6 Å². The number of benzene rings is 3. The van der Waals surface area contributed by atoms with E-state index in [-0.39, 0.29) is 0 Å². The van der Waals surface area contributed by atoms with Crippen LogP contribution in [0, 0.1) is 6.92 Å². The maximum atomic E-state index is 5.50. The lowest BCUT2D eigenvalue weighted by Gasteiger charge is -2.14. The second-order valence-electron chi connectivity index (χ2n) is 7.20. The largest absolute Gasteiger partial charge is 0.495 e. The van der Waals surface area contributed by atoms with Gasteiger partial charge in [-0.3, -0.25) is 0 Å². The zero-order valence-electron chi connectivity index (χ0n) is 19.4. The molecule has 0 atom stereocenters. The first kappa shape index (κ1) is 23.9. The van der Waals surface area contributed by atoms with Gasteiger partial charge in [0.1, 0.15) is 5.75 Å². The number of thiocarbonyl (C=S) groups is 1. The molecule has 0 radical (unpaired) electrons. The van der Waals surface area contributed by atoms with E-state index < -0.39 is 0 Å². The van der Waals surface area contributed by atoms with Crippen LogP contribution in [-0.2, 0) is 0 Å². The van der Waals surface area contributed by atoms with Gasteiger partial charge in [-0.1, -0.05) is 35.9 Å².